The van der Waals surface area contributed by atoms with Gasteiger partial charge in [-0.1, -0.05) is 0 Å². The third-order valence-electron chi connectivity index (χ3n) is 4.70. The maximum Gasteiger partial charge on any atom is 0.415 e. The molecule has 2 rings (SSSR count). The Hall–Kier alpha value is -1.92. The molecule has 6 nitrogen and oxygen atoms in total. The molecular weight excluding hydrogens is 320 g/mol. The summed E-state index contributed by atoms with van der Waals surface area (Å²) in [6.07, 6.45) is -0.377. The molecule has 0 aliphatic carbocycles. The van der Waals surface area contributed by atoms with Crippen LogP contribution in [0.1, 0.15) is 38.1 Å². The summed E-state index contributed by atoms with van der Waals surface area (Å²) in [4.78, 5) is 28.6. The fraction of sp³-hybridized carbons (Fsp3) is 0.579. The highest BCUT2D eigenvalue weighted by atomic mass is 16.6. The number of amides is 1. The zero-order valence-corrected chi connectivity index (χ0v) is 15.6. The molecule has 1 aliphatic rings. The van der Waals surface area contributed by atoms with Crippen LogP contribution >= 0.6 is 0 Å². The Balaban J connectivity index is 2.05. The van der Waals surface area contributed by atoms with Crippen molar-refractivity contribution in [2.45, 2.75) is 33.2 Å². The van der Waals surface area contributed by atoms with Crippen LogP contribution in [0.4, 0.5) is 4.79 Å². The van der Waals surface area contributed by atoms with Crippen LogP contribution in [0.3, 0.4) is 0 Å². The zero-order chi connectivity index (χ0) is 18.4. The first-order valence-electron chi connectivity index (χ1n) is 8.84. The molecule has 138 valence electrons. The Morgan fingerprint density at radius 2 is 1.68 bits per heavy atom. The molecule has 0 radical (unpaired) electrons. The van der Waals surface area contributed by atoms with E-state index in [1.165, 1.54) is 0 Å². The Bertz CT molecular complexity index is 588. The van der Waals surface area contributed by atoms with Gasteiger partial charge in [-0.05, 0) is 52.0 Å². The maximum absolute atomic E-state index is 12.9. The smallest absolute Gasteiger partial charge is 0.410 e. The van der Waals surface area contributed by atoms with Gasteiger partial charge in [0.25, 0.3) is 0 Å². The average molecular weight is 348 g/mol. The van der Waals surface area contributed by atoms with Gasteiger partial charge in [0.1, 0.15) is 5.75 Å². The minimum absolute atomic E-state index is 0.0519. The molecule has 6 heteroatoms. The largest absolute Gasteiger partial charge is 0.415 e. The predicted molar refractivity (Wildman–Crippen MR) is 96.2 cm³/mol. The number of benzene rings is 1. The van der Waals surface area contributed by atoms with E-state index in [-0.39, 0.29) is 11.9 Å². The van der Waals surface area contributed by atoms with E-state index in [9.17, 15) is 9.59 Å². The fourth-order valence-corrected chi connectivity index (χ4v) is 2.94. The minimum Gasteiger partial charge on any atom is -0.410 e. The fourth-order valence-electron chi connectivity index (χ4n) is 2.94. The van der Waals surface area contributed by atoms with Crippen molar-refractivity contribution in [2.75, 3.05) is 39.4 Å². The third kappa shape index (κ3) is 4.58. The van der Waals surface area contributed by atoms with Crippen molar-refractivity contribution in [3.63, 3.8) is 0 Å². The molecule has 1 heterocycles. The van der Waals surface area contributed by atoms with Gasteiger partial charge in [0.15, 0.2) is 5.78 Å². The molecule has 0 atom stereocenters. The van der Waals surface area contributed by atoms with E-state index in [4.69, 9.17) is 9.47 Å². The second-order valence-electron chi connectivity index (χ2n) is 6.55. The molecule has 1 aromatic carbocycles. The monoisotopic (exact) mass is 348 g/mol. The van der Waals surface area contributed by atoms with Crippen molar-refractivity contribution in [3.05, 3.63) is 29.8 Å². The van der Waals surface area contributed by atoms with Crippen LogP contribution in [0.25, 0.3) is 0 Å². The highest BCUT2D eigenvalue weighted by Gasteiger charge is 2.35. The van der Waals surface area contributed by atoms with Gasteiger partial charge in [-0.15, -0.1) is 0 Å². The van der Waals surface area contributed by atoms with Gasteiger partial charge in [0.05, 0.1) is 18.8 Å². The quantitative estimate of drug-likeness (QED) is 0.740. The SMILES string of the molecule is CCN(CC)C(=O)Oc1ccc(C(=O)C(C)(C)N2CCOCC2)cc1. The lowest BCUT2D eigenvalue weighted by atomic mass is 9.91. The summed E-state index contributed by atoms with van der Waals surface area (Å²) < 4.78 is 10.7. The summed E-state index contributed by atoms with van der Waals surface area (Å²) in [6.45, 7) is 11.7. The molecule has 0 saturated carbocycles. The lowest BCUT2D eigenvalue weighted by Crippen LogP contribution is -2.54. The molecule has 1 fully saturated rings. The average Bonchev–Trinajstić information content (AvgIpc) is 2.63. The number of carbonyl (C=O) groups excluding carboxylic acids is 2. The number of hydrogen-bond donors (Lipinski definition) is 0. The van der Waals surface area contributed by atoms with Crippen LogP contribution in [0, 0.1) is 0 Å². The minimum atomic E-state index is -0.594. The van der Waals surface area contributed by atoms with Gasteiger partial charge in [0.2, 0.25) is 0 Å². The number of ether oxygens (including phenoxy) is 2. The number of ketones is 1. The lowest BCUT2D eigenvalue weighted by Gasteiger charge is -2.39. The Morgan fingerprint density at radius 3 is 2.20 bits per heavy atom. The van der Waals surface area contributed by atoms with Crippen LogP contribution in [0.2, 0.25) is 0 Å². The summed E-state index contributed by atoms with van der Waals surface area (Å²) >= 11 is 0. The van der Waals surface area contributed by atoms with E-state index in [1.807, 2.05) is 27.7 Å². The van der Waals surface area contributed by atoms with Gasteiger partial charge >= 0.3 is 6.09 Å². The number of hydrogen-bond acceptors (Lipinski definition) is 5. The molecule has 0 bridgehead atoms. The van der Waals surface area contributed by atoms with Crippen molar-refractivity contribution < 1.29 is 19.1 Å². The third-order valence-corrected chi connectivity index (χ3v) is 4.70. The number of nitrogens with zero attached hydrogens (tertiary/aromatic N) is 2. The standard InChI is InChI=1S/C19H28N2O4/c1-5-20(6-2)18(23)25-16-9-7-15(8-10-16)17(22)19(3,4)21-11-13-24-14-12-21/h7-10H,5-6,11-14H2,1-4H3. The number of morpholine rings is 1. The van der Waals surface area contributed by atoms with E-state index in [1.54, 1.807) is 29.2 Å². The number of carbonyl (C=O) groups is 2. The van der Waals surface area contributed by atoms with Crippen molar-refractivity contribution >= 4 is 11.9 Å². The van der Waals surface area contributed by atoms with Gasteiger partial charge in [0, 0.05) is 31.7 Å². The second-order valence-corrected chi connectivity index (χ2v) is 6.55. The molecule has 1 aromatic rings. The highest BCUT2D eigenvalue weighted by molar-refractivity contribution is 6.02. The topological polar surface area (TPSA) is 59.1 Å². The molecule has 0 unspecified atom stereocenters. The summed E-state index contributed by atoms with van der Waals surface area (Å²) in [7, 11) is 0. The summed E-state index contributed by atoms with van der Waals surface area (Å²) in [6, 6.07) is 6.78. The first kappa shape index (κ1) is 19.4. The van der Waals surface area contributed by atoms with Crippen LogP contribution in [0.5, 0.6) is 5.75 Å². The van der Waals surface area contributed by atoms with E-state index in [0.717, 1.165) is 13.1 Å². The second kappa shape index (κ2) is 8.45. The van der Waals surface area contributed by atoms with Crippen LogP contribution in [0.15, 0.2) is 24.3 Å². The van der Waals surface area contributed by atoms with Gasteiger partial charge in [-0.25, -0.2) is 4.79 Å². The predicted octanol–water partition coefficient (Wildman–Crippen LogP) is 2.82. The first-order valence-corrected chi connectivity index (χ1v) is 8.84. The zero-order valence-electron chi connectivity index (χ0n) is 15.6. The normalized spacial score (nSPS) is 15.7. The number of rotatable bonds is 6. The van der Waals surface area contributed by atoms with Crippen molar-refractivity contribution in [1.29, 1.82) is 0 Å². The van der Waals surface area contributed by atoms with E-state index < -0.39 is 5.54 Å². The summed E-state index contributed by atoms with van der Waals surface area (Å²) in [5.41, 5.74) is 0.0163. The van der Waals surface area contributed by atoms with Crippen molar-refractivity contribution in [2.24, 2.45) is 0 Å². The Morgan fingerprint density at radius 1 is 1.12 bits per heavy atom. The van der Waals surface area contributed by atoms with Gasteiger partial charge in [-0.3, -0.25) is 9.69 Å². The van der Waals surface area contributed by atoms with Gasteiger partial charge < -0.3 is 14.4 Å². The number of Topliss-reactive ketones (excluding diaryl/α,β-unsaturated/α-hetero) is 1. The molecule has 25 heavy (non-hydrogen) atoms. The Labute approximate surface area is 149 Å². The lowest BCUT2D eigenvalue weighted by molar-refractivity contribution is -0.00429. The molecule has 1 saturated heterocycles. The maximum atomic E-state index is 12.9. The molecule has 0 aromatic heterocycles. The van der Waals surface area contributed by atoms with E-state index in [2.05, 4.69) is 4.90 Å². The molecular formula is C19H28N2O4. The Kier molecular flexibility index (Phi) is 6.56. The molecule has 0 N–H and O–H groups in total. The molecule has 0 spiro atoms. The molecule has 1 amide bonds. The van der Waals surface area contributed by atoms with E-state index >= 15 is 0 Å². The van der Waals surface area contributed by atoms with Crippen LogP contribution < -0.4 is 4.74 Å². The van der Waals surface area contributed by atoms with Crippen molar-refractivity contribution in [3.8, 4) is 5.75 Å². The van der Waals surface area contributed by atoms with Crippen molar-refractivity contribution in [1.82, 2.24) is 9.80 Å². The highest BCUT2D eigenvalue weighted by Crippen LogP contribution is 2.23. The van der Waals surface area contributed by atoms with Gasteiger partial charge in [-0.2, -0.15) is 0 Å². The molecule has 1 aliphatic heterocycles. The van der Waals surface area contributed by atoms with Crippen LogP contribution in [-0.2, 0) is 4.74 Å². The summed E-state index contributed by atoms with van der Waals surface area (Å²) in [5.74, 6) is 0.494. The van der Waals surface area contributed by atoms with E-state index in [0.29, 0.717) is 37.6 Å². The first-order chi connectivity index (χ1) is 11.9. The summed E-state index contributed by atoms with van der Waals surface area (Å²) in [5, 5.41) is 0. The van der Waals surface area contributed by atoms with Crippen LogP contribution in [-0.4, -0.2) is 66.6 Å².